The molecule has 2 amide bonds. The van der Waals surface area contributed by atoms with Crippen molar-refractivity contribution in [1.82, 2.24) is 14.7 Å². The van der Waals surface area contributed by atoms with Gasteiger partial charge in [0.05, 0.1) is 0 Å². The molecule has 1 aromatic rings. The largest absolute Gasteiger partial charge is 0.444 e. The van der Waals surface area contributed by atoms with Crippen molar-refractivity contribution in [2.75, 3.05) is 32.7 Å². The maximum atomic E-state index is 13.6. The number of thiophene rings is 1. The third-order valence-electron chi connectivity index (χ3n) is 6.84. The molecule has 3 aliphatic rings. The summed E-state index contributed by atoms with van der Waals surface area (Å²) >= 11 is 1.69. The molecule has 0 N–H and O–H groups in total. The predicted octanol–water partition coefficient (Wildman–Crippen LogP) is 4.00. The van der Waals surface area contributed by atoms with Crippen LogP contribution < -0.4 is 0 Å². The van der Waals surface area contributed by atoms with Gasteiger partial charge in [0, 0.05) is 38.8 Å². The van der Waals surface area contributed by atoms with Crippen LogP contribution >= 0.6 is 11.3 Å². The van der Waals surface area contributed by atoms with Crippen LogP contribution in [0.25, 0.3) is 0 Å². The molecule has 31 heavy (non-hydrogen) atoms. The van der Waals surface area contributed by atoms with E-state index in [1.807, 2.05) is 25.7 Å². The van der Waals surface area contributed by atoms with Crippen LogP contribution in [0.15, 0.2) is 16.8 Å². The van der Waals surface area contributed by atoms with Crippen molar-refractivity contribution in [2.45, 2.75) is 77.0 Å². The first kappa shape index (κ1) is 22.6. The lowest BCUT2D eigenvalue weighted by Crippen LogP contribution is -2.50. The Morgan fingerprint density at radius 2 is 1.94 bits per heavy atom. The van der Waals surface area contributed by atoms with E-state index in [2.05, 4.69) is 21.7 Å². The summed E-state index contributed by atoms with van der Waals surface area (Å²) in [7, 11) is 0. The van der Waals surface area contributed by atoms with Gasteiger partial charge in [-0.25, -0.2) is 4.79 Å². The molecule has 0 bridgehead atoms. The van der Waals surface area contributed by atoms with Gasteiger partial charge >= 0.3 is 6.09 Å². The Labute approximate surface area is 190 Å². The van der Waals surface area contributed by atoms with Crippen molar-refractivity contribution in [3.63, 3.8) is 0 Å². The smallest absolute Gasteiger partial charge is 0.410 e. The van der Waals surface area contributed by atoms with Crippen LogP contribution in [0.2, 0.25) is 0 Å². The molecular weight excluding hydrogens is 410 g/mol. The molecule has 2 saturated heterocycles. The fraction of sp³-hybridized carbons (Fsp3) is 0.750. The quantitative estimate of drug-likeness (QED) is 0.700. The molecule has 3 heterocycles. The highest BCUT2D eigenvalue weighted by Gasteiger charge is 2.43. The Balaban J connectivity index is 1.44. The minimum absolute atomic E-state index is 0.106. The molecule has 0 aromatic carbocycles. The van der Waals surface area contributed by atoms with E-state index in [1.54, 1.807) is 16.2 Å². The van der Waals surface area contributed by atoms with Crippen molar-refractivity contribution < 1.29 is 14.3 Å². The number of ether oxygens (including phenoxy) is 1. The van der Waals surface area contributed by atoms with E-state index in [4.69, 9.17) is 4.74 Å². The van der Waals surface area contributed by atoms with Crippen molar-refractivity contribution in [1.29, 1.82) is 0 Å². The van der Waals surface area contributed by atoms with Gasteiger partial charge in [-0.05, 0) is 81.2 Å². The summed E-state index contributed by atoms with van der Waals surface area (Å²) in [4.78, 5) is 32.9. The molecule has 4 rings (SSSR count). The van der Waals surface area contributed by atoms with E-state index in [1.165, 1.54) is 24.8 Å². The Morgan fingerprint density at radius 3 is 2.58 bits per heavy atom. The first-order valence-corrected chi connectivity index (χ1v) is 12.8. The van der Waals surface area contributed by atoms with Gasteiger partial charge in [0.15, 0.2) is 0 Å². The Hall–Kier alpha value is -1.60. The van der Waals surface area contributed by atoms with Gasteiger partial charge < -0.3 is 9.64 Å². The fourth-order valence-corrected chi connectivity index (χ4v) is 5.74. The standard InChI is InChI=1S/C24H37N3O3S/c1-24(2,3)30-23(29)27-16-19(14-18-8-13-31-17-18)15-21(27)22(28)26-10-5-9-25(11-12-26)20-6-4-7-20/h8,13,17,19-21H,4-7,9-12,14-16H2,1-3H3. The first-order valence-electron chi connectivity index (χ1n) is 11.8. The maximum Gasteiger partial charge on any atom is 0.410 e. The number of amides is 2. The number of likely N-dealkylation sites (tertiary alicyclic amines) is 1. The monoisotopic (exact) mass is 447 g/mol. The molecule has 6 nitrogen and oxygen atoms in total. The summed E-state index contributed by atoms with van der Waals surface area (Å²) in [6, 6.07) is 2.45. The van der Waals surface area contributed by atoms with E-state index >= 15 is 0 Å². The summed E-state index contributed by atoms with van der Waals surface area (Å²) < 4.78 is 5.68. The van der Waals surface area contributed by atoms with Gasteiger partial charge in [-0.3, -0.25) is 14.6 Å². The average molecular weight is 448 g/mol. The number of carbonyl (C=O) groups excluding carboxylic acids is 2. The van der Waals surface area contributed by atoms with Gasteiger partial charge in [0.2, 0.25) is 5.91 Å². The minimum atomic E-state index is -0.567. The number of hydrogen-bond donors (Lipinski definition) is 0. The molecule has 0 radical (unpaired) electrons. The van der Waals surface area contributed by atoms with Crippen molar-refractivity contribution in [2.24, 2.45) is 5.92 Å². The van der Waals surface area contributed by atoms with Crippen LogP contribution in [-0.2, 0) is 16.0 Å². The Morgan fingerprint density at radius 1 is 1.13 bits per heavy atom. The summed E-state index contributed by atoms with van der Waals surface area (Å²) in [5.74, 6) is 0.392. The van der Waals surface area contributed by atoms with Crippen molar-refractivity contribution >= 4 is 23.3 Å². The molecule has 172 valence electrons. The average Bonchev–Trinajstić information content (AvgIpc) is 3.25. The predicted molar refractivity (Wildman–Crippen MR) is 123 cm³/mol. The zero-order chi connectivity index (χ0) is 22.0. The lowest BCUT2D eigenvalue weighted by molar-refractivity contribution is -0.135. The lowest BCUT2D eigenvalue weighted by Gasteiger charge is -2.37. The van der Waals surface area contributed by atoms with E-state index < -0.39 is 11.6 Å². The normalized spacial score (nSPS) is 25.9. The topological polar surface area (TPSA) is 53.1 Å². The molecule has 7 heteroatoms. The van der Waals surface area contributed by atoms with E-state index in [0.29, 0.717) is 6.54 Å². The third kappa shape index (κ3) is 5.61. The van der Waals surface area contributed by atoms with E-state index in [9.17, 15) is 9.59 Å². The number of hydrogen-bond acceptors (Lipinski definition) is 5. The highest BCUT2D eigenvalue weighted by atomic mass is 32.1. The van der Waals surface area contributed by atoms with Gasteiger partial charge in [-0.1, -0.05) is 6.42 Å². The molecule has 2 aliphatic heterocycles. The van der Waals surface area contributed by atoms with Crippen molar-refractivity contribution in [3.05, 3.63) is 22.4 Å². The van der Waals surface area contributed by atoms with Crippen LogP contribution in [0.1, 0.15) is 58.4 Å². The second-order valence-corrected chi connectivity index (χ2v) is 11.2. The van der Waals surface area contributed by atoms with Gasteiger partial charge in [-0.15, -0.1) is 0 Å². The number of rotatable bonds is 4. The molecule has 1 aromatic heterocycles. The van der Waals surface area contributed by atoms with Crippen molar-refractivity contribution in [3.8, 4) is 0 Å². The van der Waals surface area contributed by atoms with Crippen LogP contribution in [0, 0.1) is 5.92 Å². The van der Waals surface area contributed by atoms with Gasteiger partial charge in [-0.2, -0.15) is 11.3 Å². The summed E-state index contributed by atoms with van der Waals surface area (Å²) in [5.41, 5.74) is 0.722. The first-order chi connectivity index (χ1) is 14.8. The number of nitrogens with zero attached hydrogens (tertiary/aromatic N) is 3. The zero-order valence-electron chi connectivity index (χ0n) is 19.2. The summed E-state index contributed by atoms with van der Waals surface area (Å²) in [6.45, 7) is 9.81. The maximum absolute atomic E-state index is 13.6. The molecule has 3 fully saturated rings. The van der Waals surface area contributed by atoms with E-state index in [0.717, 1.165) is 51.5 Å². The second-order valence-electron chi connectivity index (χ2n) is 10.4. The molecule has 0 spiro atoms. The molecule has 2 atom stereocenters. The minimum Gasteiger partial charge on any atom is -0.444 e. The third-order valence-corrected chi connectivity index (χ3v) is 7.57. The van der Waals surface area contributed by atoms with E-state index in [-0.39, 0.29) is 17.9 Å². The fourth-order valence-electron chi connectivity index (χ4n) is 5.05. The second kappa shape index (κ2) is 9.49. The van der Waals surface area contributed by atoms with Crippen LogP contribution in [0.5, 0.6) is 0 Å². The van der Waals surface area contributed by atoms with Crippen LogP contribution in [-0.4, -0.2) is 77.1 Å². The molecular formula is C24H37N3O3S. The molecule has 2 unspecified atom stereocenters. The highest BCUT2D eigenvalue weighted by Crippen LogP contribution is 2.31. The van der Waals surface area contributed by atoms with Crippen LogP contribution in [0.4, 0.5) is 4.79 Å². The van der Waals surface area contributed by atoms with Gasteiger partial charge in [0.1, 0.15) is 11.6 Å². The highest BCUT2D eigenvalue weighted by molar-refractivity contribution is 7.07. The Kier molecular flexibility index (Phi) is 6.92. The van der Waals surface area contributed by atoms with Crippen LogP contribution in [0.3, 0.4) is 0 Å². The summed E-state index contributed by atoms with van der Waals surface area (Å²) in [5, 5.41) is 4.25. The zero-order valence-corrected chi connectivity index (χ0v) is 20.0. The molecule has 1 aliphatic carbocycles. The summed E-state index contributed by atoms with van der Waals surface area (Å²) in [6.07, 6.45) is 6.21. The Bertz CT molecular complexity index is 757. The van der Waals surface area contributed by atoms with Gasteiger partial charge in [0.25, 0.3) is 0 Å². The lowest BCUT2D eigenvalue weighted by atomic mass is 9.91. The molecule has 1 saturated carbocycles. The SMILES string of the molecule is CC(C)(C)OC(=O)N1CC(Cc2ccsc2)CC1C(=O)N1CCCN(C2CCC2)CC1. The number of carbonyl (C=O) groups is 2.